The summed E-state index contributed by atoms with van der Waals surface area (Å²) in [5.74, 6) is -1.29. The van der Waals surface area contributed by atoms with E-state index in [1.54, 1.807) is 54.6 Å². The Kier molecular flexibility index (Phi) is 7.55. The number of halogens is 1. The van der Waals surface area contributed by atoms with E-state index in [1.807, 2.05) is 6.92 Å². The van der Waals surface area contributed by atoms with Crippen LogP contribution in [-0.2, 0) is 9.59 Å². The molecule has 4 rings (SSSR count). The van der Waals surface area contributed by atoms with Crippen LogP contribution in [0.3, 0.4) is 0 Å². The second kappa shape index (κ2) is 11.0. The third kappa shape index (κ3) is 5.49. The van der Waals surface area contributed by atoms with E-state index in [9.17, 15) is 18.8 Å². The van der Waals surface area contributed by atoms with Gasteiger partial charge in [-0.15, -0.1) is 0 Å². The summed E-state index contributed by atoms with van der Waals surface area (Å²) in [4.78, 5) is 40.3. The Morgan fingerprint density at radius 3 is 2.31 bits per heavy atom. The van der Waals surface area contributed by atoms with E-state index >= 15 is 0 Å². The normalized spacial score (nSPS) is 15.1. The molecule has 1 saturated heterocycles. The summed E-state index contributed by atoms with van der Waals surface area (Å²) in [6, 6.07) is 19.3. The molecule has 1 aliphatic heterocycles. The number of thiocarbonyl (C=S) groups is 1. The monoisotopic (exact) mass is 506 g/mol. The van der Waals surface area contributed by atoms with E-state index in [2.05, 4.69) is 10.7 Å². The van der Waals surface area contributed by atoms with Gasteiger partial charge in [-0.05, 0) is 79.8 Å². The van der Waals surface area contributed by atoms with E-state index in [0.717, 1.165) is 0 Å². The number of rotatable bonds is 8. The summed E-state index contributed by atoms with van der Waals surface area (Å²) in [6.07, 6.45) is -0.293. The van der Waals surface area contributed by atoms with E-state index in [0.29, 0.717) is 29.3 Å². The van der Waals surface area contributed by atoms with Crippen molar-refractivity contribution in [3.8, 4) is 5.75 Å². The molecule has 2 N–H and O–H groups in total. The maximum Gasteiger partial charge on any atom is 0.269 e. The second-order valence-corrected chi connectivity index (χ2v) is 8.20. The third-order valence-corrected chi connectivity index (χ3v) is 5.76. The fourth-order valence-electron chi connectivity index (χ4n) is 3.68. The predicted octanol–water partition coefficient (Wildman–Crippen LogP) is 3.90. The smallest absolute Gasteiger partial charge is 0.269 e. The van der Waals surface area contributed by atoms with Crippen LogP contribution in [0.5, 0.6) is 5.75 Å². The molecule has 0 spiro atoms. The average molecular weight is 507 g/mol. The summed E-state index contributed by atoms with van der Waals surface area (Å²) in [7, 11) is 0. The standard InChI is InChI=1S/C26H23FN4O4S/c1-2-35-21-14-10-19(11-15-21)28-23(32)16-22-25(34)30(20-12-8-18(27)9-13-20)26(36)31(22)29-24(33)17-6-4-3-5-7-17/h3-15,22H,2,16H2,1H3,(H,28,32)(H,29,33). The number of carbonyl (C=O) groups is 3. The first-order valence-corrected chi connectivity index (χ1v) is 11.6. The molecule has 0 radical (unpaired) electrons. The van der Waals surface area contributed by atoms with Crippen LogP contribution >= 0.6 is 12.2 Å². The quantitative estimate of drug-likeness (QED) is 0.451. The van der Waals surface area contributed by atoms with Gasteiger partial charge >= 0.3 is 0 Å². The Balaban J connectivity index is 1.56. The molecule has 1 fully saturated rings. The van der Waals surface area contributed by atoms with Crippen LogP contribution in [-0.4, -0.2) is 40.5 Å². The minimum atomic E-state index is -1.11. The summed E-state index contributed by atoms with van der Waals surface area (Å²) in [6.45, 7) is 2.39. The molecule has 10 heteroatoms. The first-order chi connectivity index (χ1) is 17.4. The van der Waals surface area contributed by atoms with Gasteiger partial charge in [0.15, 0.2) is 0 Å². The molecule has 1 atom stereocenters. The molecule has 3 aromatic carbocycles. The highest BCUT2D eigenvalue weighted by molar-refractivity contribution is 7.80. The summed E-state index contributed by atoms with van der Waals surface area (Å²) >= 11 is 5.50. The zero-order valence-corrected chi connectivity index (χ0v) is 20.1. The first kappa shape index (κ1) is 24.8. The van der Waals surface area contributed by atoms with Crippen molar-refractivity contribution in [2.24, 2.45) is 0 Å². The van der Waals surface area contributed by atoms with E-state index in [1.165, 1.54) is 34.2 Å². The molecular formula is C26H23FN4O4S. The van der Waals surface area contributed by atoms with Gasteiger partial charge in [-0.2, -0.15) is 0 Å². The molecule has 1 heterocycles. The van der Waals surface area contributed by atoms with Crippen molar-refractivity contribution in [1.82, 2.24) is 10.4 Å². The lowest BCUT2D eigenvalue weighted by Crippen LogP contribution is -2.49. The van der Waals surface area contributed by atoms with Crippen molar-refractivity contribution < 1.29 is 23.5 Å². The molecular weight excluding hydrogens is 483 g/mol. The zero-order valence-electron chi connectivity index (χ0n) is 19.3. The van der Waals surface area contributed by atoms with E-state index < -0.39 is 29.6 Å². The highest BCUT2D eigenvalue weighted by Crippen LogP contribution is 2.27. The molecule has 1 aliphatic rings. The fourth-order valence-corrected chi connectivity index (χ4v) is 4.05. The second-order valence-electron chi connectivity index (χ2n) is 7.84. The fraction of sp³-hybridized carbons (Fsp3) is 0.154. The summed E-state index contributed by atoms with van der Waals surface area (Å²) < 4.78 is 18.9. The molecule has 3 amide bonds. The van der Waals surface area contributed by atoms with Crippen LogP contribution in [0, 0.1) is 5.82 Å². The molecule has 3 aromatic rings. The molecule has 184 valence electrons. The molecule has 0 aromatic heterocycles. The Labute approximate surface area is 212 Å². The lowest BCUT2D eigenvalue weighted by Gasteiger charge is -2.24. The largest absolute Gasteiger partial charge is 0.494 e. The van der Waals surface area contributed by atoms with Crippen LogP contribution in [0.15, 0.2) is 78.9 Å². The Hall–Kier alpha value is -4.31. The molecule has 0 aliphatic carbocycles. The van der Waals surface area contributed by atoms with Crippen molar-refractivity contribution >= 4 is 46.4 Å². The predicted molar refractivity (Wildman–Crippen MR) is 137 cm³/mol. The average Bonchev–Trinajstić information content (AvgIpc) is 3.10. The minimum Gasteiger partial charge on any atom is -0.494 e. The van der Waals surface area contributed by atoms with Gasteiger partial charge < -0.3 is 10.1 Å². The minimum absolute atomic E-state index is 0.0326. The van der Waals surface area contributed by atoms with Crippen molar-refractivity contribution in [3.05, 3.63) is 90.2 Å². The van der Waals surface area contributed by atoms with Crippen molar-refractivity contribution in [1.29, 1.82) is 0 Å². The molecule has 8 nitrogen and oxygen atoms in total. The van der Waals surface area contributed by atoms with Gasteiger partial charge in [-0.3, -0.25) is 24.7 Å². The van der Waals surface area contributed by atoms with Crippen LogP contribution in [0.2, 0.25) is 0 Å². The van der Waals surface area contributed by atoms with Crippen LogP contribution < -0.4 is 20.4 Å². The number of hydrogen-bond acceptors (Lipinski definition) is 5. The number of carbonyl (C=O) groups excluding carboxylic acids is 3. The van der Waals surface area contributed by atoms with Crippen molar-refractivity contribution in [2.75, 3.05) is 16.8 Å². The number of hydrogen-bond donors (Lipinski definition) is 2. The highest BCUT2D eigenvalue weighted by atomic mass is 32.1. The third-order valence-electron chi connectivity index (χ3n) is 5.39. The molecule has 0 bridgehead atoms. The van der Waals surface area contributed by atoms with Gasteiger partial charge in [0.25, 0.3) is 11.8 Å². The number of amides is 3. The number of hydrazine groups is 1. The number of ether oxygens (including phenoxy) is 1. The van der Waals surface area contributed by atoms with Crippen molar-refractivity contribution in [2.45, 2.75) is 19.4 Å². The Morgan fingerprint density at radius 2 is 1.67 bits per heavy atom. The lowest BCUT2D eigenvalue weighted by molar-refractivity contribution is -0.124. The maximum atomic E-state index is 13.5. The van der Waals surface area contributed by atoms with Gasteiger partial charge in [0.2, 0.25) is 11.0 Å². The topological polar surface area (TPSA) is 91.0 Å². The number of anilines is 2. The Bertz CT molecular complexity index is 1270. The van der Waals surface area contributed by atoms with Crippen LogP contribution in [0.4, 0.5) is 15.8 Å². The SMILES string of the molecule is CCOc1ccc(NC(=O)CC2C(=O)N(c3ccc(F)cc3)C(=S)N2NC(=O)c2ccccc2)cc1. The highest BCUT2D eigenvalue weighted by Gasteiger charge is 2.45. The van der Waals surface area contributed by atoms with E-state index in [4.69, 9.17) is 17.0 Å². The number of benzene rings is 3. The van der Waals surface area contributed by atoms with Gasteiger partial charge in [0, 0.05) is 11.3 Å². The van der Waals surface area contributed by atoms with Crippen molar-refractivity contribution in [3.63, 3.8) is 0 Å². The number of nitrogens with zero attached hydrogens (tertiary/aromatic N) is 2. The zero-order chi connectivity index (χ0) is 25.7. The van der Waals surface area contributed by atoms with Crippen LogP contribution in [0.25, 0.3) is 0 Å². The van der Waals surface area contributed by atoms with Gasteiger partial charge in [0.1, 0.15) is 17.6 Å². The molecule has 0 saturated carbocycles. The first-order valence-electron chi connectivity index (χ1n) is 11.2. The van der Waals surface area contributed by atoms with Gasteiger partial charge in [0.05, 0.1) is 18.7 Å². The maximum absolute atomic E-state index is 13.5. The van der Waals surface area contributed by atoms with E-state index in [-0.39, 0.29) is 11.5 Å². The van der Waals surface area contributed by atoms with Crippen LogP contribution in [0.1, 0.15) is 23.7 Å². The molecule has 36 heavy (non-hydrogen) atoms. The lowest BCUT2D eigenvalue weighted by atomic mass is 10.1. The Morgan fingerprint density at radius 1 is 1.00 bits per heavy atom. The molecule has 1 unspecified atom stereocenters. The van der Waals surface area contributed by atoms with Gasteiger partial charge in [-0.25, -0.2) is 9.40 Å². The summed E-state index contributed by atoms with van der Waals surface area (Å²) in [5.41, 5.74) is 3.84. The van der Waals surface area contributed by atoms with Gasteiger partial charge in [-0.1, -0.05) is 18.2 Å². The summed E-state index contributed by atoms with van der Waals surface area (Å²) in [5, 5.41) is 3.91. The number of nitrogens with one attached hydrogen (secondary N) is 2.